The number of aromatic nitrogens is 1. The smallest absolute Gasteiger partial charge is 0.253 e. The van der Waals surface area contributed by atoms with Crippen molar-refractivity contribution in [1.29, 1.82) is 5.26 Å². The van der Waals surface area contributed by atoms with E-state index in [9.17, 15) is 28.0 Å². The normalized spacial score (nSPS) is 15.2. The van der Waals surface area contributed by atoms with E-state index in [0.717, 1.165) is 5.39 Å². The third-order valence-electron chi connectivity index (χ3n) is 6.97. The highest BCUT2D eigenvalue weighted by Crippen LogP contribution is 2.35. The van der Waals surface area contributed by atoms with Gasteiger partial charge in [0.05, 0.1) is 33.4 Å². The molecular weight excluding hydrogens is 505 g/mol. The summed E-state index contributed by atoms with van der Waals surface area (Å²) < 4.78 is 40.1. The van der Waals surface area contributed by atoms with Crippen molar-refractivity contribution < 1.29 is 22.7 Å². The van der Waals surface area contributed by atoms with E-state index in [4.69, 9.17) is 0 Å². The van der Waals surface area contributed by atoms with Crippen molar-refractivity contribution in [2.24, 2.45) is 0 Å². The second kappa shape index (κ2) is 9.97. The number of nitrogens with zero attached hydrogens (tertiary/aromatic N) is 3. The lowest BCUT2D eigenvalue weighted by Gasteiger charge is -2.39. The van der Waals surface area contributed by atoms with Gasteiger partial charge in [-0.05, 0) is 60.9 Å². The van der Waals surface area contributed by atoms with Gasteiger partial charge in [0, 0.05) is 35.8 Å². The molecule has 0 atom stereocenters. The second-order valence-electron chi connectivity index (χ2n) is 9.41. The fourth-order valence-corrected chi connectivity index (χ4v) is 6.44. The Balaban J connectivity index is 1.28. The summed E-state index contributed by atoms with van der Waals surface area (Å²) in [7, 11) is -3.68. The topological polar surface area (TPSA) is 111 Å². The summed E-state index contributed by atoms with van der Waals surface area (Å²) in [6.07, 6.45) is 1.88. The number of hydrogen-bond donors (Lipinski definition) is 1. The van der Waals surface area contributed by atoms with E-state index in [0.29, 0.717) is 16.6 Å². The molecule has 1 N–H and O–H groups in total. The van der Waals surface area contributed by atoms with Crippen LogP contribution in [0.15, 0.2) is 83.9 Å². The van der Waals surface area contributed by atoms with E-state index in [1.54, 1.807) is 53.6 Å². The molecule has 0 saturated carbocycles. The summed E-state index contributed by atoms with van der Waals surface area (Å²) in [5.41, 5.74) is 0.396. The standard InChI is InChI=1S/C29H24FN3O4S/c30-24-11-10-23(18-31)25(17-24)29(35)12-15-33(16-13-29)28(34)22-8-6-20(7-9-22)19-38(36,37)26-5-1-3-21-4-2-14-32-27(21)26/h1-11,14,17,35H,12-13,15-16,19H2. The zero-order valence-corrected chi connectivity index (χ0v) is 21.2. The fourth-order valence-electron chi connectivity index (χ4n) is 4.90. The van der Waals surface area contributed by atoms with Gasteiger partial charge in [-0.1, -0.05) is 30.3 Å². The molecule has 3 aromatic carbocycles. The van der Waals surface area contributed by atoms with E-state index in [2.05, 4.69) is 4.98 Å². The molecule has 5 rings (SSSR count). The molecule has 1 fully saturated rings. The first kappa shape index (κ1) is 25.5. The number of aliphatic hydroxyl groups is 1. The average molecular weight is 530 g/mol. The highest BCUT2D eigenvalue weighted by atomic mass is 32.2. The fraction of sp³-hybridized carbons (Fsp3) is 0.207. The van der Waals surface area contributed by atoms with E-state index in [1.807, 2.05) is 18.2 Å². The zero-order valence-electron chi connectivity index (χ0n) is 20.3. The molecule has 0 bridgehead atoms. The number of rotatable bonds is 5. The minimum absolute atomic E-state index is 0.159. The van der Waals surface area contributed by atoms with Crippen LogP contribution in [0.25, 0.3) is 10.9 Å². The number of sulfone groups is 1. The molecule has 1 aliphatic rings. The molecule has 2 heterocycles. The largest absolute Gasteiger partial charge is 0.385 e. The van der Waals surface area contributed by atoms with Gasteiger partial charge in [-0.2, -0.15) is 5.26 Å². The van der Waals surface area contributed by atoms with Crippen LogP contribution >= 0.6 is 0 Å². The highest BCUT2D eigenvalue weighted by Gasteiger charge is 2.37. The first-order chi connectivity index (χ1) is 18.2. The van der Waals surface area contributed by atoms with E-state index in [-0.39, 0.29) is 53.6 Å². The van der Waals surface area contributed by atoms with Crippen molar-refractivity contribution in [3.63, 3.8) is 0 Å². The molecule has 1 aliphatic heterocycles. The molecule has 7 nitrogen and oxygen atoms in total. The number of benzene rings is 3. The number of likely N-dealkylation sites (tertiary alicyclic amines) is 1. The molecule has 192 valence electrons. The van der Waals surface area contributed by atoms with Gasteiger partial charge in [-0.15, -0.1) is 0 Å². The average Bonchev–Trinajstić information content (AvgIpc) is 2.93. The van der Waals surface area contributed by atoms with Gasteiger partial charge in [0.1, 0.15) is 5.82 Å². The number of carbonyl (C=O) groups is 1. The summed E-state index contributed by atoms with van der Waals surface area (Å²) in [5.74, 6) is -1.02. The second-order valence-corrected chi connectivity index (χ2v) is 11.4. The van der Waals surface area contributed by atoms with Gasteiger partial charge in [0.2, 0.25) is 0 Å². The molecule has 38 heavy (non-hydrogen) atoms. The summed E-state index contributed by atoms with van der Waals surface area (Å²) in [5, 5.41) is 21.2. The summed E-state index contributed by atoms with van der Waals surface area (Å²) in [6.45, 7) is 0.446. The van der Waals surface area contributed by atoms with E-state index in [1.165, 1.54) is 18.2 Å². The first-order valence-corrected chi connectivity index (χ1v) is 13.7. The number of nitriles is 1. The van der Waals surface area contributed by atoms with Gasteiger partial charge in [0.25, 0.3) is 5.91 Å². The summed E-state index contributed by atoms with van der Waals surface area (Å²) in [6, 6.07) is 20.7. The van der Waals surface area contributed by atoms with Gasteiger partial charge in [-0.25, -0.2) is 12.8 Å². The maximum Gasteiger partial charge on any atom is 0.253 e. The number of pyridine rings is 1. The van der Waals surface area contributed by atoms with Gasteiger partial charge >= 0.3 is 0 Å². The lowest BCUT2D eigenvalue weighted by atomic mass is 9.82. The van der Waals surface area contributed by atoms with Gasteiger partial charge in [-0.3, -0.25) is 9.78 Å². The molecule has 1 amide bonds. The molecule has 1 aromatic heterocycles. The Labute approximate surface area is 219 Å². The van der Waals surface area contributed by atoms with Crippen LogP contribution in [-0.4, -0.2) is 42.4 Å². The predicted molar refractivity (Wildman–Crippen MR) is 139 cm³/mol. The zero-order chi connectivity index (χ0) is 26.9. The number of para-hydroxylation sites is 1. The molecule has 0 unspecified atom stereocenters. The van der Waals surface area contributed by atoms with Crippen molar-refractivity contribution >= 4 is 26.6 Å². The summed E-state index contributed by atoms with van der Waals surface area (Å²) >= 11 is 0. The van der Waals surface area contributed by atoms with Crippen LogP contribution in [-0.2, 0) is 21.2 Å². The number of hydrogen-bond acceptors (Lipinski definition) is 6. The highest BCUT2D eigenvalue weighted by molar-refractivity contribution is 7.90. The molecule has 0 spiro atoms. The first-order valence-electron chi connectivity index (χ1n) is 12.1. The third-order valence-corrected chi connectivity index (χ3v) is 8.68. The monoisotopic (exact) mass is 529 g/mol. The van der Waals surface area contributed by atoms with Crippen molar-refractivity contribution in [1.82, 2.24) is 9.88 Å². The Bertz CT molecular complexity index is 1670. The van der Waals surface area contributed by atoms with Gasteiger partial charge < -0.3 is 10.0 Å². The minimum atomic E-state index is -3.68. The Morgan fingerprint density at radius 1 is 1.05 bits per heavy atom. The minimum Gasteiger partial charge on any atom is -0.385 e. The van der Waals surface area contributed by atoms with Crippen molar-refractivity contribution in [3.8, 4) is 6.07 Å². The van der Waals surface area contributed by atoms with Crippen LogP contribution in [0.3, 0.4) is 0 Å². The number of fused-ring (bicyclic) bond motifs is 1. The Morgan fingerprint density at radius 2 is 1.76 bits per heavy atom. The molecule has 0 aliphatic carbocycles. The lowest BCUT2D eigenvalue weighted by Crippen LogP contribution is -2.45. The van der Waals surface area contributed by atoms with Crippen LogP contribution in [0.2, 0.25) is 0 Å². The molecule has 0 radical (unpaired) electrons. The van der Waals surface area contributed by atoms with Gasteiger partial charge in [0.15, 0.2) is 9.84 Å². The van der Waals surface area contributed by atoms with Crippen LogP contribution in [0.5, 0.6) is 0 Å². The number of amides is 1. The molecular formula is C29H24FN3O4S. The maximum atomic E-state index is 13.8. The van der Waals surface area contributed by atoms with Crippen LogP contribution in [0.4, 0.5) is 4.39 Å². The predicted octanol–water partition coefficient (Wildman–Crippen LogP) is 4.34. The van der Waals surface area contributed by atoms with Crippen molar-refractivity contribution in [3.05, 3.63) is 107 Å². The SMILES string of the molecule is N#Cc1ccc(F)cc1C1(O)CCN(C(=O)c2ccc(CS(=O)(=O)c3cccc4cccnc34)cc2)CC1. The molecule has 4 aromatic rings. The number of piperidine rings is 1. The third kappa shape index (κ3) is 4.88. The van der Waals surface area contributed by atoms with Crippen LogP contribution in [0.1, 0.15) is 39.9 Å². The van der Waals surface area contributed by atoms with E-state index < -0.39 is 21.3 Å². The Hall–Kier alpha value is -4.13. The number of carbonyl (C=O) groups excluding carboxylic acids is 1. The van der Waals surface area contributed by atoms with Crippen LogP contribution < -0.4 is 0 Å². The molecule has 9 heteroatoms. The maximum absolute atomic E-state index is 13.8. The van der Waals surface area contributed by atoms with Crippen molar-refractivity contribution in [2.75, 3.05) is 13.1 Å². The Morgan fingerprint density at radius 3 is 2.47 bits per heavy atom. The van der Waals surface area contributed by atoms with E-state index >= 15 is 0 Å². The molecule has 1 saturated heterocycles. The van der Waals surface area contributed by atoms with Crippen molar-refractivity contribution in [2.45, 2.75) is 29.1 Å². The number of halogens is 1. The Kier molecular flexibility index (Phi) is 6.69. The quantitative estimate of drug-likeness (QED) is 0.412. The van der Waals surface area contributed by atoms with Crippen LogP contribution in [0, 0.1) is 17.1 Å². The lowest BCUT2D eigenvalue weighted by molar-refractivity contribution is -0.0215. The summed E-state index contributed by atoms with van der Waals surface area (Å²) in [4.78, 5) is 19.1.